The molecule has 0 spiro atoms. The van der Waals surface area contributed by atoms with Gasteiger partial charge in [0.25, 0.3) is 0 Å². The highest BCUT2D eigenvalue weighted by Gasteiger charge is 2.29. The molecule has 1 saturated heterocycles. The van der Waals surface area contributed by atoms with Gasteiger partial charge in [-0.25, -0.2) is 0 Å². The first-order chi connectivity index (χ1) is 7.40. The van der Waals surface area contributed by atoms with Crippen molar-refractivity contribution in [3.63, 3.8) is 0 Å². The maximum absolute atomic E-state index is 8.95. The van der Waals surface area contributed by atoms with Gasteiger partial charge in [0.1, 0.15) is 0 Å². The van der Waals surface area contributed by atoms with Crippen LogP contribution in [0.15, 0.2) is 0 Å². The van der Waals surface area contributed by atoms with E-state index in [4.69, 9.17) is 14.6 Å². The molecule has 2 fully saturated rings. The number of hydrogen-bond donors (Lipinski definition) is 1. The Bertz CT molecular complexity index is 179. The van der Waals surface area contributed by atoms with Crippen LogP contribution in [-0.4, -0.2) is 55.2 Å². The van der Waals surface area contributed by atoms with Crippen molar-refractivity contribution in [3.8, 4) is 0 Å². The van der Waals surface area contributed by atoms with Gasteiger partial charge in [-0.15, -0.1) is 0 Å². The number of rotatable bonds is 6. The summed E-state index contributed by atoms with van der Waals surface area (Å²) in [4.78, 5) is 2.35. The number of aliphatic hydroxyl groups is 1. The zero-order valence-electron chi connectivity index (χ0n) is 9.23. The molecule has 4 heteroatoms. The Balaban J connectivity index is 1.65. The molecule has 2 rings (SSSR count). The summed E-state index contributed by atoms with van der Waals surface area (Å²) in [6.07, 6.45) is 4.49. The second kappa shape index (κ2) is 5.80. The summed E-state index contributed by atoms with van der Waals surface area (Å²) in [7, 11) is 0. The summed E-state index contributed by atoms with van der Waals surface area (Å²) in [5, 5.41) is 8.95. The molecule has 0 bridgehead atoms. The van der Waals surface area contributed by atoms with E-state index in [2.05, 4.69) is 4.90 Å². The molecule has 0 amide bonds. The summed E-state index contributed by atoms with van der Waals surface area (Å²) in [5.41, 5.74) is 0. The third kappa shape index (κ3) is 3.72. The molecule has 15 heavy (non-hydrogen) atoms. The molecule has 1 aliphatic carbocycles. The van der Waals surface area contributed by atoms with Crippen molar-refractivity contribution < 1.29 is 14.6 Å². The van der Waals surface area contributed by atoms with Crippen LogP contribution >= 0.6 is 0 Å². The molecule has 4 nitrogen and oxygen atoms in total. The van der Waals surface area contributed by atoms with Crippen molar-refractivity contribution in [2.75, 3.05) is 32.9 Å². The van der Waals surface area contributed by atoms with Gasteiger partial charge >= 0.3 is 0 Å². The van der Waals surface area contributed by atoms with Crippen molar-refractivity contribution in [1.29, 1.82) is 0 Å². The lowest BCUT2D eigenvalue weighted by Crippen LogP contribution is -2.34. The van der Waals surface area contributed by atoms with Crippen molar-refractivity contribution in [2.45, 2.75) is 38.0 Å². The SMILES string of the molecule is OCCN(CCC1OCCCO1)C1CC1. The zero-order valence-corrected chi connectivity index (χ0v) is 9.23. The van der Waals surface area contributed by atoms with Crippen molar-refractivity contribution in [3.05, 3.63) is 0 Å². The van der Waals surface area contributed by atoms with Crippen LogP contribution in [0.5, 0.6) is 0 Å². The first-order valence-electron chi connectivity index (χ1n) is 5.98. The number of ether oxygens (including phenoxy) is 2. The highest BCUT2D eigenvalue weighted by Crippen LogP contribution is 2.27. The molecule has 0 aromatic heterocycles. The van der Waals surface area contributed by atoms with Crippen molar-refractivity contribution in [1.82, 2.24) is 4.90 Å². The third-order valence-electron chi connectivity index (χ3n) is 3.00. The molecule has 1 saturated carbocycles. The fourth-order valence-corrected chi connectivity index (χ4v) is 2.02. The van der Waals surface area contributed by atoms with E-state index >= 15 is 0 Å². The van der Waals surface area contributed by atoms with E-state index in [1.807, 2.05) is 0 Å². The Morgan fingerprint density at radius 1 is 1.13 bits per heavy atom. The van der Waals surface area contributed by atoms with Gasteiger partial charge in [-0.1, -0.05) is 0 Å². The number of nitrogens with zero attached hydrogens (tertiary/aromatic N) is 1. The van der Waals surface area contributed by atoms with Crippen LogP contribution < -0.4 is 0 Å². The Morgan fingerprint density at radius 2 is 1.87 bits per heavy atom. The van der Waals surface area contributed by atoms with Crippen LogP contribution in [0.3, 0.4) is 0 Å². The van der Waals surface area contributed by atoms with Crippen LogP contribution in [-0.2, 0) is 9.47 Å². The number of aliphatic hydroxyl groups excluding tert-OH is 1. The second-order valence-electron chi connectivity index (χ2n) is 4.30. The van der Waals surface area contributed by atoms with Gasteiger partial charge < -0.3 is 14.6 Å². The van der Waals surface area contributed by atoms with Crippen LogP contribution in [0, 0.1) is 0 Å². The van der Waals surface area contributed by atoms with Crippen LogP contribution in [0.25, 0.3) is 0 Å². The van der Waals surface area contributed by atoms with E-state index in [0.717, 1.165) is 39.1 Å². The normalized spacial score (nSPS) is 23.6. The molecule has 2 aliphatic rings. The quantitative estimate of drug-likeness (QED) is 0.704. The third-order valence-corrected chi connectivity index (χ3v) is 3.00. The average molecular weight is 215 g/mol. The molecule has 0 aromatic rings. The van der Waals surface area contributed by atoms with Gasteiger partial charge in [-0.3, -0.25) is 4.90 Å². The second-order valence-corrected chi connectivity index (χ2v) is 4.30. The van der Waals surface area contributed by atoms with E-state index in [1.165, 1.54) is 12.8 Å². The fourth-order valence-electron chi connectivity index (χ4n) is 2.02. The van der Waals surface area contributed by atoms with Gasteiger partial charge in [0.15, 0.2) is 6.29 Å². The maximum atomic E-state index is 8.95. The lowest BCUT2D eigenvalue weighted by Gasteiger charge is -2.27. The maximum Gasteiger partial charge on any atom is 0.158 e. The molecule has 1 N–H and O–H groups in total. The molecule has 0 aromatic carbocycles. The van der Waals surface area contributed by atoms with Crippen molar-refractivity contribution >= 4 is 0 Å². The predicted molar refractivity (Wildman–Crippen MR) is 56.6 cm³/mol. The van der Waals surface area contributed by atoms with Crippen LogP contribution in [0.1, 0.15) is 25.7 Å². The van der Waals surface area contributed by atoms with Gasteiger partial charge in [-0.05, 0) is 19.3 Å². The summed E-state index contributed by atoms with van der Waals surface area (Å²) >= 11 is 0. The van der Waals surface area contributed by atoms with Crippen LogP contribution in [0.4, 0.5) is 0 Å². The fraction of sp³-hybridized carbons (Fsp3) is 1.00. The largest absolute Gasteiger partial charge is 0.395 e. The van der Waals surface area contributed by atoms with E-state index in [-0.39, 0.29) is 12.9 Å². The smallest absolute Gasteiger partial charge is 0.158 e. The molecule has 0 atom stereocenters. The van der Waals surface area contributed by atoms with E-state index in [0.29, 0.717) is 6.04 Å². The summed E-state index contributed by atoms with van der Waals surface area (Å²) in [6, 6.07) is 0.709. The van der Waals surface area contributed by atoms with Crippen LogP contribution in [0.2, 0.25) is 0 Å². The molecule has 0 radical (unpaired) electrons. The monoisotopic (exact) mass is 215 g/mol. The summed E-state index contributed by atoms with van der Waals surface area (Å²) < 4.78 is 11.0. The van der Waals surface area contributed by atoms with E-state index in [1.54, 1.807) is 0 Å². The number of hydrogen-bond acceptors (Lipinski definition) is 4. The molecule has 88 valence electrons. The summed E-state index contributed by atoms with van der Waals surface area (Å²) in [5.74, 6) is 0. The minimum atomic E-state index is -0.0151. The average Bonchev–Trinajstić information content (AvgIpc) is 3.09. The Labute approximate surface area is 91.2 Å². The Kier molecular flexibility index (Phi) is 4.38. The molecule has 1 heterocycles. The molecular formula is C11H21NO3. The van der Waals surface area contributed by atoms with Gasteiger partial charge in [-0.2, -0.15) is 0 Å². The predicted octanol–water partition coefficient (Wildman–Crippen LogP) is 0.596. The highest BCUT2D eigenvalue weighted by molar-refractivity contribution is 4.84. The minimum absolute atomic E-state index is 0.0151. The van der Waals surface area contributed by atoms with E-state index in [9.17, 15) is 0 Å². The topological polar surface area (TPSA) is 41.9 Å². The molecule has 1 aliphatic heterocycles. The minimum Gasteiger partial charge on any atom is -0.395 e. The highest BCUT2D eigenvalue weighted by atomic mass is 16.7. The first kappa shape index (κ1) is 11.3. The lowest BCUT2D eigenvalue weighted by molar-refractivity contribution is -0.182. The zero-order chi connectivity index (χ0) is 10.5. The lowest BCUT2D eigenvalue weighted by atomic mass is 10.3. The first-order valence-corrected chi connectivity index (χ1v) is 5.98. The molecule has 0 unspecified atom stereocenters. The van der Waals surface area contributed by atoms with E-state index < -0.39 is 0 Å². The van der Waals surface area contributed by atoms with Crippen molar-refractivity contribution in [2.24, 2.45) is 0 Å². The standard InChI is InChI=1S/C11H21NO3/c13-7-6-12(10-2-3-10)5-4-11-14-8-1-9-15-11/h10-11,13H,1-9H2. The van der Waals surface area contributed by atoms with Gasteiger partial charge in [0, 0.05) is 25.6 Å². The van der Waals surface area contributed by atoms with Gasteiger partial charge in [0.2, 0.25) is 0 Å². The molecular weight excluding hydrogens is 194 g/mol. The Hall–Kier alpha value is -0.160. The summed E-state index contributed by atoms with van der Waals surface area (Å²) in [6.45, 7) is 3.68. The Morgan fingerprint density at radius 3 is 2.47 bits per heavy atom. The van der Waals surface area contributed by atoms with Gasteiger partial charge in [0.05, 0.1) is 19.8 Å².